The van der Waals surface area contributed by atoms with E-state index in [2.05, 4.69) is 28.8 Å². The monoisotopic (exact) mass is 1270 g/mol. The molecular formula is C58H76CdN7O12P2S-. The number of nitrogens with two attached hydrogens (primary N) is 1. The fourth-order valence-corrected chi connectivity index (χ4v) is 10.7. The Balaban J connectivity index is 0.000000341. The average Bonchev–Trinajstić information content (AvgIpc) is 3.85. The summed E-state index contributed by atoms with van der Waals surface area (Å²) in [6, 6.07) is 30.8. The first-order chi connectivity index (χ1) is 38.7. The van der Waals surface area contributed by atoms with Crippen LogP contribution in [0.4, 0.5) is 11.4 Å². The molecule has 0 aliphatic carbocycles. The quantitative estimate of drug-likeness (QED) is 0.0134. The van der Waals surface area contributed by atoms with Gasteiger partial charge in [0.1, 0.15) is 0 Å². The third kappa shape index (κ3) is 22.2. The molecule has 0 unspecified atom stereocenters. The number of nitrogens with zero attached hydrogens (tertiary/aromatic N) is 3. The average molecular weight is 1270 g/mol. The van der Waals surface area contributed by atoms with Gasteiger partial charge < -0.3 is 60.5 Å². The van der Waals surface area contributed by atoms with E-state index in [-0.39, 0.29) is 101 Å². The molecule has 0 saturated heterocycles. The Kier molecular flexibility index (Phi) is 31.4. The number of carbonyl (C=O) groups excluding carboxylic acids is 6. The number of thioether (sulfide) groups is 1. The van der Waals surface area contributed by atoms with Gasteiger partial charge in [0.2, 0.25) is 23.6 Å². The minimum Gasteiger partial charge on any atom is -0.697 e. The molecule has 434 valence electrons. The van der Waals surface area contributed by atoms with E-state index in [0.717, 1.165) is 91.5 Å². The van der Waals surface area contributed by atoms with Crippen molar-refractivity contribution >= 4 is 87.2 Å². The summed E-state index contributed by atoms with van der Waals surface area (Å²) in [5.41, 5.74) is 22.6. The fraction of sp³-hybridized carbons (Fsp3) is 0.414. The smallest absolute Gasteiger partial charge is 0.327 e. The van der Waals surface area contributed by atoms with Gasteiger partial charge in [-0.2, -0.15) is 0 Å². The maximum atomic E-state index is 13.3. The number of para-hydroxylation sites is 2. The van der Waals surface area contributed by atoms with E-state index in [9.17, 15) is 28.8 Å². The third-order valence-corrected chi connectivity index (χ3v) is 15.2. The summed E-state index contributed by atoms with van der Waals surface area (Å²) in [6.07, 6.45) is 9.89. The molecule has 9 N–H and O–H groups in total. The summed E-state index contributed by atoms with van der Waals surface area (Å²) < 4.78 is 9.43. The van der Waals surface area contributed by atoms with Crippen LogP contribution in [0.2, 0.25) is 0 Å². The molecule has 0 atom stereocenters. The van der Waals surface area contributed by atoms with E-state index in [1.54, 1.807) is 15.9 Å². The second kappa shape index (κ2) is 37.2. The summed E-state index contributed by atoms with van der Waals surface area (Å²) in [5, 5.41) is 5.61. The molecule has 0 spiro atoms. The van der Waals surface area contributed by atoms with Crippen LogP contribution < -0.4 is 26.2 Å². The van der Waals surface area contributed by atoms with Crippen LogP contribution in [0.1, 0.15) is 124 Å². The molecule has 4 aromatic rings. The van der Waals surface area contributed by atoms with Crippen molar-refractivity contribution in [2.45, 2.75) is 117 Å². The van der Waals surface area contributed by atoms with Gasteiger partial charge in [-0.25, -0.2) is 0 Å². The third-order valence-electron chi connectivity index (χ3n) is 13.2. The Morgan fingerprint density at radius 1 is 0.605 bits per heavy atom. The number of amides is 6. The van der Waals surface area contributed by atoms with Gasteiger partial charge >= 0.3 is 17.2 Å². The Hall–Kier alpha value is -5.13. The molecule has 19 nitrogen and oxygen atoms in total. The van der Waals surface area contributed by atoms with Gasteiger partial charge in [-0.05, 0) is 84.2 Å². The zero-order valence-corrected chi connectivity index (χ0v) is 53.0. The van der Waals surface area contributed by atoms with Crippen molar-refractivity contribution in [2.24, 2.45) is 5.73 Å². The Morgan fingerprint density at radius 2 is 1.11 bits per heavy atom. The van der Waals surface area contributed by atoms with Crippen LogP contribution in [0.15, 0.2) is 108 Å². The summed E-state index contributed by atoms with van der Waals surface area (Å²) in [5.74, 6) is -0.911. The minimum absolute atomic E-state index is 0. The van der Waals surface area contributed by atoms with Gasteiger partial charge in [0.05, 0.1) is 36.9 Å². The number of anilines is 2. The molecule has 0 saturated carbocycles. The van der Waals surface area contributed by atoms with Crippen molar-refractivity contribution in [1.29, 1.82) is 0 Å². The van der Waals surface area contributed by atoms with Crippen LogP contribution >= 0.6 is 29.0 Å². The molecular weight excluding hydrogens is 1190 g/mol. The summed E-state index contributed by atoms with van der Waals surface area (Å²) in [4.78, 5) is 116. The largest absolute Gasteiger partial charge is 0.697 e. The van der Waals surface area contributed by atoms with Gasteiger partial charge in [0, 0.05) is 95.6 Å². The van der Waals surface area contributed by atoms with Crippen molar-refractivity contribution < 1.29 is 84.7 Å². The molecule has 3 heterocycles. The maximum absolute atomic E-state index is 13.3. The van der Waals surface area contributed by atoms with Crippen molar-refractivity contribution in [2.75, 3.05) is 48.4 Å². The number of unbranched alkanes of at least 4 members (excludes halogenated alkanes) is 6. The SMILES string of the molecule is CC.O=C(CCN1C(=O)C=C(SCCCCCCOP(O)O)C1=O)NCCC(=O)N1Cc2ccccc2CCc2ccccc21.[Cd].[NH-]/C1=C(\N)c2ccccc2N(C(=O)CCC(=O)NCCCCCCOP(O)O)Cc2ccccc21. The maximum Gasteiger partial charge on any atom is 0.327 e. The van der Waals surface area contributed by atoms with Gasteiger partial charge in [-0.3, -0.25) is 33.7 Å². The number of rotatable bonds is 26. The number of aryl methyl sites for hydroxylation is 2. The molecule has 3 aliphatic heterocycles. The number of benzene rings is 4. The van der Waals surface area contributed by atoms with E-state index < -0.39 is 23.1 Å². The molecule has 3 aliphatic rings. The molecule has 0 fully saturated rings. The fourth-order valence-electron chi connectivity index (χ4n) is 9.12. The Morgan fingerprint density at radius 3 is 1.79 bits per heavy atom. The molecule has 4 aromatic carbocycles. The number of carbonyl (C=O) groups is 6. The minimum atomic E-state index is -2.31. The molecule has 0 radical (unpaired) electrons. The second-order valence-corrected chi connectivity index (χ2v) is 21.3. The number of hydrogen-bond donors (Lipinski definition) is 7. The zero-order valence-electron chi connectivity index (χ0n) is 46.4. The first-order valence-electron chi connectivity index (χ1n) is 27.2. The number of nitrogens with one attached hydrogen (secondary N) is 3. The molecule has 81 heavy (non-hydrogen) atoms. The van der Waals surface area contributed by atoms with Gasteiger partial charge in [-0.15, -0.1) is 17.5 Å². The number of imide groups is 1. The van der Waals surface area contributed by atoms with E-state index in [1.807, 2.05) is 86.6 Å². The molecule has 7 rings (SSSR count). The van der Waals surface area contributed by atoms with Crippen molar-refractivity contribution in [3.8, 4) is 0 Å². The van der Waals surface area contributed by atoms with Crippen molar-refractivity contribution in [1.82, 2.24) is 15.5 Å². The van der Waals surface area contributed by atoms with E-state index >= 15 is 0 Å². The topological polar surface area (TPSA) is 285 Å². The zero-order chi connectivity index (χ0) is 57.8. The first-order valence-corrected chi connectivity index (χ1v) is 30.5. The van der Waals surface area contributed by atoms with Crippen LogP contribution in [-0.4, -0.2) is 98.5 Å². The number of fused-ring (bicyclic) bond motifs is 4. The molecule has 0 aromatic heterocycles. The molecule has 0 bridgehead atoms. The first kappa shape index (κ1) is 68.4. The van der Waals surface area contributed by atoms with Crippen LogP contribution in [0.25, 0.3) is 17.1 Å². The predicted molar refractivity (Wildman–Crippen MR) is 316 cm³/mol. The van der Waals surface area contributed by atoms with Crippen molar-refractivity contribution in [3.05, 3.63) is 147 Å². The Labute approximate surface area is 502 Å². The van der Waals surface area contributed by atoms with Gasteiger partial charge in [0.25, 0.3) is 11.8 Å². The Bertz CT molecular complexity index is 2770. The standard InChI is InChI=1S/C31H38N3O7PS.C25H32N4O5P.C2H6.Cd/c35-28(16-18-33-30(37)21-27(31(33)38)43-20-8-2-1-7-19-41-42(39)40)32-17-15-29(36)34-22-25-11-4-3-9-23(25)13-14-24-10-5-6-12-26(24)34;26-24-19-10-4-3-9-18(19)17-29(21-12-6-5-11-20(21)25(24)27)23(31)14-13-22(30)28-15-7-1-2-8-16-34-35(32)33;1-2;/h3-6,9-12,21,39-40H,1-2,7-8,13-20,22H2,(H,32,35);3-6,9-12,26,32-33H,1-2,7-8,13-17,27H2,(H,28,30);1-2H3;/q;-1;;/b;25-24-;;. The van der Waals surface area contributed by atoms with E-state index in [4.69, 9.17) is 40.1 Å². The predicted octanol–water partition coefficient (Wildman–Crippen LogP) is 9.07. The van der Waals surface area contributed by atoms with Crippen molar-refractivity contribution in [3.63, 3.8) is 0 Å². The molecule has 23 heteroatoms. The van der Waals surface area contributed by atoms with Crippen LogP contribution in [0.3, 0.4) is 0 Å². The molecule has 6 amide bonds. The number of hydrogen-bond acceptors (Lipinski definition) is 14. The summed E-state index contributed by atoms with van der Waals surface area (Å²) in [7, 11) is -4.60. The summed E-state index contributed by atoms with van der Waals surface area (Å²) in [6.45, 7) is 6.03. The van der Waals surface area contributed by atoms with Gasteiger partial charge in [0.15, 0.2) is 0 Å². The van der Waals surface area contributed by atoms with E-state index in [1.165, 1.54) is 23.4 Å². The van der Waals surface area contributed by atoms with Crippen LogP contribution in [0.5, 0.6) is 0 Å². The van der Waals surface area contributed by atoms with Gasteiger partial charge in [-0.1, -0.05) is 124 Å². The summed E-state index contributed by atoms with van der Waals surface area (Å²) >= 11 is 1.33. The normalized spacial score (nSPS) is 14.5. The van der Waals surface area contributed by atoms with Crippen LogP contribution in [-0.2, 0) is 91.0 Å². The van der Waals surface area contributed by atoms with Crippen LogP contribution in [0, 0.1) is 0 Å². The second-order valence-electron chi connectivity index (χ2n) is 18.7. The van der Waals surface area contributed by atoms with E-state index in [0.29, 0.717) is 66.0 Å².